The van der Waals surface area contributed by atoms with Gasteiger partial charge in [0.25, 0.3) is 0 Å². The summed E-state index contributed by atoms with van der Waals surface area (Å²) in [6, 6.07) is 15.0. The van der Waals surface area contributed by atoms with E-state index in [2.05, 4.69) is 5.32 Å². The molecule has 0 saturated heterocycles. The van der Waals surface area contributed by atoms with E-state index in [0.717, 1.165) is 23.5 Å². The predicted octanol–water partition coefficient (Wildman–Crippen LogP) is 2.17. The Kier molecular flexibility index (Phi) is 5.09. The van der Waals surface area contributed by atoms with Gasteiger partial charge in [0, 0.05) is 6.07 Å². The molecule has 0 bridgehead atoms. The van der Waals surface area contributed by atoms with Gasteiger partial charge in [0.2, 0.25) is 12.7 Å². The molecule has 2 aromatic carbocycles. The third-order valence-electron chi connectivity index (χ3n) is 4.26. The first-order valence-electron chi connectivity index (χ1n) is 8.22. The van der Waals surface area contributed by atoms with Crippen LogP contribution in [0.1, 0.15) is 18.9 Å². The van der Waals surface area contributed by atoms with Crippen molar-refractivity contribution >= 4 is 5.91 Å². The Balaban J connectivity index is 1.49. The molecule has 132 valence electrons. The van der Waals surface area contributed by atoms with Gasteiger partial charge < -0.3 is 19.9 Å². The second-order valence-corrected chi connectivity index (χ2v) is 6.00. The number of rotatable bonds is 8. The van der Waals surface area contributed by atoms with Crippen LogP contribution in [0.25, 0.3) is 0 Å². The number of nitrogens with one attached hydrogen (secondary N) is 1. The standard InChI is InChI=1S/C19H22N2O4/c1-19(18(20)22,14-6-3-2-4-7-14)21-10-5-11-23-15-8-9-16-17(12-15)25-13-24-16/h2-4,6-9,12,21H,5,10-11,13H2,1H3,(H2,20,22). The average molecular weight is 342 g/mol. The highest BCUT2D eigenvalue weighted by Crippen LogP contribution is 2.35. The summed E-state index contributed by atoms with van der Waals surface area (Å²) in [5.41, 5.74) is 5.55. The molecule has 1 aliphatic heterocycles. The summed E-state index contributed by atoms with van der Waals surface area (Å²) < 4.78 is 16.3. The van der Waals surface area contributed by atoms with Crippen molar-refractivity contribution in [2.45, 2.75) is 18.9 Å². The fourth-order valence-electron chi connectivity index (χ4n) is 2.67. The summed E-state index contributed by atoms with van der Waals surface area (Å²) in [4.78, 5) is 11.9. The molecule has 6 nitrogen and oxygen atoms in total. The lowest BCUT2D eigenvalue weighted by molar-refractivity contribution is -0.124. The summed E-state index contributed by atoms with van der Waals surface area (Å²) in [6.45, 7) is 3.15. The molecule has 1 atom stereocenters. The first kappa shape index (κ1) is 17.1. The predicted molar refractivity (Wildman–Crippen MR) is 93.7 cm³/mol. The van der Waals surface area contributed by atoms with Crippen LogP contribution in [-0.4, -0.2) is 25.9 Å². The molecule has 0 saturated carbocycles. The largest absolute Gasteiger partial charge is 0.493 e. The van der Waals surface area contributed by atoms with Crippen molar-refractivity contribution < 1.29 is 19.0 Å². The summed E-state index contributed by atoms with van der Waals surface area (Å²) in [5, 5.41) is 3.24. The first-order valence-corrected chi connectivity index (χ1v) is 8.22. The quantitative estimate of drug-likeness (QED) is 0.719. The molecule has 2 aromatic rings. The Bertz CT molecular complexity index is 735. The van der Waals surface area contributed by atoms with Gasteiger partial charge in [-0.05, 0) is 37.6 Å². The van der Waals surface area contributed by atoms with Crippen molar-refractivity contribution in [3.05, 3.63) is 54.1 Å². The third kappa shape index (κ3) is 3.85. The number of carbonyl (C=O) groups is 1. The van der Waals surface area contributed by atoms with Gasteiger partial charge in [-0.2, -0.15) is 0 Å². The molecule has 0 aromatic heterocycles. The fraction of sp³-hybridized carbons (Fsp3) is 0.316. The van der Waals surface area contributed by atoms with E-state index in [-0.39, 0.29) is 6.79 Å². The van der Waals surface area contributed by atoms with Crippen molar-refractivity contribution in [1.82, 2.24) is 5.32 Å². The van der Waals surface area contributed by atoms with Gasteiger partial charge in [-0.1, -0.05) is 30.3 Å². The maximum atomic E-state index is 11.9. The molecule has 6 heteroatoms. The Morgan fingerprint density at radius 2 is 1.96 bits per heavy atom. The van der Waals surface area contributed by atoms with Gasteiger partial charge in [0.05, 0.1) is 6.61 Å². The van der Waals surface area contributed by atoms with Crippen LogP contribution in [0.2, 0.25) is 0 Å². The van der Waals surface area contributed by atoms with Crippen LogP contribution in [0.15, 0.2) is 48.5 Å². The summed E-state index contributed by atoms with van der Waals surface area (Å²) in [7, 11) is 0. The van der Waals surface area contributed by atoms with Crippen LogP contribution in [0.4, 0.5) is 0 Å². The first-order chi connectivity index (χ1) is 12.1. The highest BCUT2D eigenvalue weighted by molar-refractivity contribution is 5.85. The lowest BCUT2D eigenvalue weighted by Gasteiger charge is -2.28. The lowest BCUT2D eigenvalue weighted by atomic mass is 9.91. The molecular formula is C19H22N2O4. The van der Waals surface area contributed by atoms with Crippen LogP contribution >= 0.6 is 0 Å². The van der Waals surface area contributed by atoms with Gasteiger partial charge in [0.15, 0.2) is 11.5 Å². The number of hydrogen-bond acceptors (Lipinski definition) is 5. The average Bonchev–Trinajstić information content (AvgIpc) is 3.09. The number of primary amides is 1. The van der Waals surface area contributed by atoms with E-state index in [1.807, 2.05) is 48.5 Å². The Morgan fingerprint density at radius 1 is 1.20 bits per heavy atom. The molecule has 0 radical (unpaired) electrons. The van der Waals surface area contributed by atoms with Gasteiger partial charge >= 0.3 is 0 Å². The minimum absolute atomic E-state index is 0.244. The number of fused-ring (bicyclic) bond motifs is 1. The second-order valence-electron chi connectivity index (χ2n) is 6.00. The van der Waals surface area contributed by atoms with E-state index in [1.165, 1.54) is 0 Å². The Hall–Kier alpha value is -2.73. The van der Waals surface area contributed by atoms with Crippen molar-refractivity contribution in [1.29, 1.82) is 0 Å². The number of benzene rings is 2. The number of nitrogens with two attached hydrogens (primary N) is 1. The molecule has 25 heavy (non-hydrogen) atoms. The number of hydrogen-bond donors (Lipinski definition) is 2. The molecule has 1 aliphatic rings. The number of amides is 1. The van der Waals surface area contributed by atoms with Gasteiger partial charge in [-0.25, -0.2) is 0 Å². The molecule has 1 heterocycles. The molecule has 3 rings (SSSR count). The number of carbonyl (C=O) groups excluding carboxylic acids is 1. The van der Waals surface area contributed by atoms with Crippen molar-refractivity contribution in [3.8, 4) is 17.2 Å². The van der Waals surface area contributed by atoms with Crippen LogP contribution in [-0.2, 0) is 10.3 Å². The van der Waals surface area contributed by atoms with Gasteiger partial charge in [-0.3, -0.25) is 10.1 Å². The maximum Gasteiger partial charge on any atom is 0.242 e. The highest BCUT2D eigenvalue weighted by Gasteiger charge is 2.32. The molecular weight excluding hydrogens is 320 g/mol. The van der Waals surface area contributed by atoms with E-state index in [0.29, 0.717) is 18.9 Å². The molecule has 0 fully saturated rings. The van der Waals surface area contributed by atoms with Gasteiger partial charge in [-0.15, -0.1) is 0 Å². The zero-order chi connectivity index (χ0) is 17.7. The normalized spacial score (nSPS) is 14.8. The van der Waals surface area contributed by atoms with E-state index in [1.54, 1.807) is 6.92 Å². The topological polar surface area (TPSA) is 82.8 Å². The van der Waals surface area contributed by atoms with Gasteiger partial charge in [0.1, 0.15) is 11.3 Å². The van der Waals surface area contributed by atoms with E-state index in [9.17, 15) is 4.79 Å². The molecule has 1 unspecified atom stereocenters. The SMILES string of the molecule is CC(NCCCOc1ccc2c(c1)OCO2)(C(N)=O)c1ccccc1. The summed E-state index contributed by atoms with van der Waals surface area (Å²) in [5.74, 6) is 1.75. The summed E-state index contributed by atoms with van der Waals surface area (Å²) >= 11 is 0. The lowest BCUT2D eigenvalue weighted by Crippen LogP contribution is -2.50. The second kappa shape index (κ2) is 7.44. The molecule has 3 N–H and O–H groups in total. The van der Waals surface area contributed by atoms with Crippen LogP contribution in [0.5, 0.6) is 17.2 Å². The Morgan fingerprint density at radius 3 is 2.72 bits per heavy atom. The van der Waals surface area contributed by atoms with E-state index >= 15 is 0 Å². The molecule has 0 spiro atoms. The minimum Gasteiger partial charge on any atom is -0.493 e. The van der Waals surface area contributed by atoms with Crippen LogP contribution in [0, 0.1) is 0 Å². The maximum absolute atomic E-state index is 11.9. The highest BCUT2D eigenvalue weighted by atomic mass is 16.7. The van der Waals surface area contributed by atoms with E-state index < -0.39 is 11.4 Å². The van der Waals surface area contributed by atoms with Crippen molar-refractivity contribution in [3.63, 3.8) is 0 Å². The van der Waals surface area contributed by atoms with Crippen LogP contribution < -0.4 is 25.3 Å². The Labute approximate surface area is 146 Å². The van der Waals surface area contributed by atoms with E-state index in [4.69, 9.17) is 19.9 Å². The third-order valence-corrected chi connectivity index (χ3v) is 4.26. The smallest absolute Gasteiger partial charge is 0.242 e. The monoisotopic (exact) mass is 342 g/mol. The van der Waals surface area contributed by atoms with Crippen molar-refractivity contribution in [2.24, 2.45) is 5.73 Å². The zero-order valence-electron chi connectivity index (χ0n) is 14.2. The minimum atomic E-state index is -0.903. The zero-order valence-corrected chi connectivity index (χ0v) is 14.2. The van der Waals surface area contributed by atoms with Crippen molar-refractivity contribution in [2.75, 3.05) is 19.9 Å². The fourth-order valence-corrected chi connectivity index (χ4v) is 2.67. The summed E-state index contributed by atoms with van der Waals surface area (Å²) in [6.07, 6.45) is 0.726. The van der Waals surface area contributed by atoms with Crippen LogP contribution in [0.3, 0.4) is 0 Å². The number of ether oxygens (including phenoxy) is 3. The molecule has 0 aliphatic carbocycles. The molecule has 1 amide bonds.